The Morgan fingerprint density at radius 3 is 2.50 bits per heavy atom. The minimum absolute atomic E-state index is 0.0834. The predicted molar refractivity (Wildman–Crippen MR) is 141 cm³/mol. The lowest BCUT2D eigenvalue weighted by Crippen LogP contribution is -2.39. The summed E-state index contributed by atoms with van der Waals surface area (Å²) in [5.41, 5.74) is 2.93. The van der Waals surface area contributed by atoms with E-state index >= 15 is 0 Å². The molecule has 0 aromatic carbocycles. The molecule has 0 bridgehead atoms. The fourth-order valence-corrected chi connectivity index (χ4v) is 5.02. The van der Waals surface area contributed by atoms with Gasteiger partial charge in [0.25, 0.3) is 5.56 Å². The van der Waals surface area contributed by atoms with Crippen molar-refractivity contribution < 1.29 is 4.84 Å². The molecule has 1 aliphatic rings. The summed E-state index contributed by atoms with van der Waals surface area (Å²) in [6, 6.07) is 7.63. The fourth-order valence-electron chi connectivity index (χ4n) is 4.87. The van der Waals surface area contributed by atoms with Crippen molar-refractivity contribution in [2.24, 2.45) is 25.2 Å². The van der Waals surface area contributed by atoms with E-state index in [2.05, 4.69) is 21.3 Å². The van der Waals surface area contributed by atoms with Crippen molar-refractivity contribution in [2.45, 2.75) is 58.1 Å². The third kappa shape index (κ3) is 4.96. The van der Waals surface area contributed by atoms with Gasteiger partial charge in [-0.1, -0.05) is 16.8 Å². The van der Waals surface area contributed by atoms with Gasteiger partial charge >= 0.3 is 0 Å². The molecule has 1 saturated carbocycles. The van der Waals surface area contributed by atoms with E-state index in [-0.39, 0.29) is 23.1 Å². The van der Waals surface area contributed by atoms with E-state index in [9.17, 15) is 10.1 Å². The van der Waals surface area contributed by atoms with Crippen LogP contribution in [0.1, 0.15) is 57.7 Å². The molecule has 36 heavy (non-hydrogen) atoms. The highest BCUT2D eigenvalue weighted by atomic mass is 35.5. The van der Waals surface area contributed by atoms with E-state index in [1.165, 1.54) is 4.57 Å². The number of aryl methyl sites for hydroxylation is 2. The molecule has 3 heterocycles. The highest BCUT2D eigenvalue weighted by Crippen LogP contribution is 2.35. The Kier molecular flexibility index (Phi) is 7.10. The number of nitrogens with zero attached hydrogens (tertiary/aromatic N) is 7. The van der Waals surface area contributed by atoms with Crippen LogP contribution in [-0.2, 0) is 18.9 Å². The van der Waals surface area contributed by atoms with Gasteiger partial charge in [-0.25, -0.2) is 4.98 Å². The summed E-state index contributed by atoms with van der Waals surface area (Å²) in [5.74, 6) is 0.204. The minimum atomic E-state index is -0.399. The second-order valence-corrected chi connectivity index (χ2v) is 10.7. The number of anilines is 1. The van der Waals surface area contributed by atoms with Gasteiger partial charge in [0, 0.05) is 39.3 Å². The van der Waals surface area contributed by atoms with Gasteiger partial charge in [0.05, 0.1) is 16.9 Å². The van der Waals surface area contributed by atoms with Crippen molar-refractivity contribution in [2.75, 3.05) is 11.9 Å². The molecule has 4 rings (SSSR count). The van der Waals surface area contributed by atoms with Gasteiger partial charge in [-0.15, -0.1) is 0 Å². The lowest BCUT2D eigenvalue weighted by atomic mass is 9.81. The summed E-state index contributed by atoms with van der Waals surface area (Å²) in [5, 5.41) is 19.1. The average molecular weight is 510 g/mol. The number of hydrogen-bond donors (Lipinski definition) is 0. The maximum Gasteiger partial charge on any atom is 0.270 e. The molecule has 1 fully saturated rings. The van der Waals surface area contributed by atoms with Crippen molar-refractivity contribution in [3.8, 4) is 6.07 Å². The van der Waals surface area contributed by atoms with Crippen LogP contribution in [0.25, 0.3) is 11.0 Å². The van der Waals surface area contributed by atoms with Crippen molar-refractivity contribution in [3.05, 3.63) is 51.2 Å². The Bertz CT molecular complexity index is 1400. The van der Waals surface area contributed by atoms with E-state index < -0.39 is 5.60 Å². The lowest BCUT2D eigenvalue weighted by Gasteiger charge is -2.37. The first-order chi connectivity index (χ1) is 17.0. The van der Waals surface area contributed by atoms with Gasteiger partial charge in [0.15, 0.2) is 0 Å². The summed E-state index contributed by atoms with van der Waals surface area (Å²) < 4.78 is 3.28. The highest BCUT2D eigenvalue weighted by molar-refractivity contribution is 6.29. The predicted octanol–water partition coefficient (Wildman–Crippen LogP) is 4.41. The quantitative estimate of drug-likeness (QED) is 0.287. The van der Waals surface area contributed by atoms with Crippen LogP contribution in [0, 0.1) is 17.2 Å². The molecule has 0 atom stereocenters. The summed E-state index contributed by atoms with van der Waals surface area (Å²) in [4.78, 5) is 25.3. The zero-order valence-corrected chi connectivity index (χ0v) is 22.4. The third-order valence-corrected chi connectivity index (χ3v) is 6.99. The van der Waals surface area contributed by atoms with Crippen LogP contribution in [0.3, 0.4) is 0 Å². The van der Waals surface area contributed by atoms with Crippen LogP contribution in [0.4, 0.5) is 5.69 Å². The number of rotatable bonds is 5. The van der Waals surface area contributed by atoms with Gasteiger partial charge in [-0.3, -0.25) is 9.48 Å². The molecule has 1 aliphatic carbocycles. The maximum atomic E-state index is 13.0. The van der Waals surface area contributed by atoms with Crippen molar-refractivity contribution in [1.82, 2.24) is 19.3 Å². The highest BCUT2D eigenvalue weighted by Gasteiger charge is 2.32. The summed E-state index contributed by atoms with van der Waals surface area (Å²) in [6.45, 7) is 5.93. The van der Waals surface area contributed by atoms with E-state index in [1.807, 2.05) is 50.5 Å². The van der Waals surface area contributed by atoms with E-state index in [0.29, 0.717) is 21.9 Å². The standard InChI is InChI=1S/C26H32ClN7O2/c1-26(2,3)36-31-22(20-13-14-29-34(20)6)16-7-9-17(10-8-16)32(4)24-18(15-28)25(35)33(5)19-11-12-21(27)30-23(19)24/h11-14,16-17H,7-10H2,1-6H3/b31-22+. The maximum absolute atomic E-state index is 13.0. The number of halogens is 1. The SMILES string of the molecule is CN(c1c(C#N)c(=O)n(C)c2ccc(Cl)nc12)C1CCC(/C(=N\OC(C)(C)C)c2ccnn2C)CC1. The number of oxime groups is 1. The molecule has 3 aromatic rings. The summed E-state index contributed by atoms with van der Waals surface area (Å²) >= 11 is 6.21. The molecule has 0 radical (unpaired) electrons. The van der Waals surface area contributed by atoms with Crippen molar-refractivity contribution in [1.29, 1.82) is 5.26 Å². The van der Waals surface area contributed by atoms with Crippen molar-refractivity contribution >= 4 is 34.0 Å². The van der Waals surface area contributed by atoms with Crippen molar-refractivity contribution in [3.63, 3.8) is 0 Å². The molecule has 10 heteroatoms. The summed E-state index contributed by atoms with van der Waals surface area (Å²) in [7, 11) is 5.49. The van der Waals surface area contributed by atoms with Crippen LogP contribution in [-0.4, -0.2) is 43.7 Å². The van der Waals surface area contributed by atoms with E-state index in [0.717, 1.165) is 37.1 Å². The Morgan fingerprint density at radius 2 is 1.92 bits per heavy atom. The molecule has 0 aliphatic heterocycles. The topological polar surface area (TPSA) is 101 Å². The second kappa shape index (κ2) is 9.94. The Hall–Kier alpha value is -3.38. The van der Waals surface area contributed by atoms with Gasteiger partial charge in [-0.05, 0) is 64.7 Å². The normalized spacial score (nSPS) is 18.8. The largest absolute Gasteiger partial charge is 0.390 e. The molecule has 190 valence electrons. The zero-order chi connectivity index (χ0) is 26.2. The molecular weight excluding hydrogens is 478 g/mol. The third-order valence-electron chi connectivity index (χ3n) is 6.78. The molecule has 0 spiro atoms. The first kappa shape index (κ1) is 25.7. The fraction of sp³-hybridized carbons (Fsp3) is 0.500. The first-order valence-electron chi connectivity index (χ1n) is 12.1. The Balaban J connectivity index is 1.64. The zero-order valence-electron chi connectivity index (χ0n) is 21.6. The van der Waals surface area contributed by atoms with Gasteiger partial charge in [0.2, 0.25) is 0 Å². The van der Waals surface area contributed by atoms with Crippen LogP contribution >= 0.6 is 11.6 Å². The molecule has 9 nitrogen and oxygen atoms in total. The average Bonchev–Trinajstić information content (AvgIpc) is 3.26. The second-order valence-electron chi connectivity index (χ2n) is 10.3. The van der Waals surface area contributed by atoms with Gasteiger partial charge < -0.3 is 14.3 Å². The van der Waals surface area contributed by atoms with Crippen LogP contribution < -0.4 is 10.5 Å². The Labute approximate surface area is 215 Å². The number of pyridine rings is 2. The number of hydrogen-bond acceptors (Lipinski definition) is 7. The van der Waals surface area contributed by atoms with E-state index in [1.54, 1.807) is 25.4 Å². The van der Waals surface area contributed by atoms with Crippen LogP contribution in [0.5, 0.6) is 0 Å². The smallest absolute Gasteiger partial charge is 0.270 e. The first-order valence-corrected chi connectivity index (χ1v) is 12.5. The molecule has 0 amide bonds. The molecule has 0 saturated heterocycles. The van der Waals surface area contributed by atoms with Gasteiger partial charge in [-0.2, -0.15) is 10.4 Å². The minimum Gasteiger partial charge on any atom is -0.390 e. The molecular formula is C26H32ClN7O2. The number of fused-ring (bicyclic) bond motifs is 1. The summed E-state index contributed by atoms with van der Waals surface area (Å²) in [6.07, 6.45) is 5.24. The number of aromatic nitrogens is 4. The lowest BCUT2D eigenvalue weighted by molar-refractivity contribution is -0.000113. The van der Waals surface area contributed by atoms with E-state index in [4.69, 9.17) is 16.4 Å². The van der Waals surface area contributed by atoms with Crippen LogP contribution in [0.2, 0.25) is 5.15 Å². The molecule has 0 unspecified atom stereocenters. The Morgan fingerprint density at radius 1 is 1.22 bits per heavy atom. The molecule has 3 aromatic heterocycles. The van der Waals surface area contributed by atoms with Crippen LogP contribution in [0.15, 0.2) is 34.3 Å². The number of nitriles is 1. The molecule has 0 N–H and O–H groups in total. The van der Waals surface area contributed by atoms with Gasteiger partial charge in [0.1, 0.15) is 33.6 Å². The monoisotopic (exact) mass is 509 g/mol.